The molecule has 1 aliphatic rings. The predicted octanol–water partition coefficient (Wildman–Crippen LogP) is 2.48. The Morgan fingerprint density at radius 2 is 1.67 bits per heavy atom. The Morgan fingerprint density at radius 1 is 1.03 bits per heavy atom. The molecule has 10 heteroatoms. The Kier molecular flexibility index (Phi) is 7.62. The monoisotopic (exact) mass is 474 g/mol. The van der Waals surface area contributed by atoms with Crippen molar-refractivity contribution in [3.8, 4) is 0 Å². The zero-order valence-electron chi connectivity index (χ0n) is 18.6. The Hall–Kier alpha value is -3.08. The Morgan fingerprint density at radius 3 is 2.27 bits per heavy atom. The van der Waals surface area contributed by atoms with Gasteiger partial charge >= 0.3 is 5.97 Å². The molecule has 1 aliphatic heterocycles. The van der Waals surface area contributed by atoms with Crippen LogP contribution in [0.1, 0.15) is 41.5 Å². The molecule has 0 bridgehead atoms. The maximum atomic E-state index is 13.0. The number of carbonyl (C=O) groups excluding carboxylic acids is 3. The van der Waals surface area contributed by atoms with Gasteiger partial charge in [-0.05, 0) is 56.3 Å². The summed E-state index contributed by atoms with van der Waals surface area (Å²) in [7, 11) is -3.82. The van der Waals surface area contributed by atoms with Crippen LogP contribution in [-0.4, -0.2) is 62.3 Å². The summed E-state index contributed by atoms with van der Waals surface area (Å²) >= 11 is 0. The molecule has 176 valence electrons. The molecule has 1 saturated heterocycles. The quantitative estimate of drug-likeness (QED) is 0.484. The molecule has 1 amide bonds. The largest absolute Gasteiger partial charge is 0.454 e. The maximum absolute atomic E-state index is 13.0. The van der Waals surface area contributed by atoms with Crippen molar-refractivity contribution in [3.63, 3.8) is 0 Å². The number of nitrogens with zero attached hydrogens (tertiary/aromatic N) is 1. The van der Waals surface area contributed by atoms with Crippen LogP contribution in [0, 0.1) is 0 Å². The van der Waals surface area contributed by atoms with E-state index in [1.165, 1.54) is 47.6 Å². The van der Waals surface area contributed by atoms with Gasteiger partial charge in [0.1, 0.15) is 0 Å². The van der Waals surface area contributed by atoms with Crippen LogP contribution in [0.25, 0.3) is 0 Å². The number of Topliss-reactive ketones (excluding diaryl/α,β-unsaturated/α-hetero) is 1. The third kappa shape index (κ3) is 6.25. The lowest BCUT2D eigenvalue weighted by molar-refractivity contribution is -0.114. The summed E-state index contributed by atoms with van der Waals surface area (Å²) in [5.41, 5.74) is 0.876. The van der Waals surface area contributed by atoms with Crippen LogP contribution >= 0.6 is 0 Å². The van der Waals surface area contributed by atoms with Gasteiger partial charge < -0.3 is 14.8 Å². The van der Waals surface area contributed by atoms with Gasteiger partial charge in [-0.25, -0.2) is 13.2 Å². The summed E-state index contributed by atoms with van der Waals surface area (Å²) in [6.07, 6.45) is -0.481. The molecule has 2 atom stereocenters. The number of carbonyl (C=O) groups is 3. The van der Waals surface area contributed by atoms with E-state index < -0.39 is 28.4 Å². The molecule has 0 spiro atoms. The zero-order valence-corrected chi connectivity index (χ0v) is 19.4. The molecule has 0 saturated carbocycles. The summed E-state index contributed by atoms with van der Waals surface area (Å²) in [4.78, 5) is 35.8. The SMILES string of the molecule is CC(=O)Nc1ccc(C(=O)COC(=O)c2cccc(S(=O)(=O)N3CC(C)OC(C)C3)c2)cc1. The van der Waals surface area contributed by atoms with Crippen LogP contribution in [0.2, 0.25) is 0 Å². The van der Waals surface area contributed by atoms with Gasteiger partial charge in [0.2, 0.25) is 15.9 Å². The fraction of sp³-hybridized carbons (Fsp3) is 0.348. The molecule has 33 heavy (non-hydrogen) atoms. The first-order valence-electron chi connectivity index (χ1n) is 10.4. The Bertz CT molecular complexity index is 1140. The number of esters is 1. The smallest absolute Gasteiger partial charge is 0.338 e. The van der Waals surface area contributed by atoms with Gasteiger partial charge in [-0.2, -0.15) is 4.31 Å². The number of ether oxygens (including phenoxy) is 2. The van der Waals surface area contributed by atoms with Gasteiger partial charge in [0, 0.05) is 31.3 Å². The maximum Gasteiger partial charge on any atom is 0.338 e. The van der Waals surface area contributed by atoms with E-state index >= 15 is 0 Å². The lowest BCUT2D eigenvalue weighted by Gasteiger charge is -2.34. The molecule has 0 aromatic heterocycles. The van der Waals surface area contributed by atoms with Gasteiger partial charge in [-0.3, -0.25) is 9.59 Å². The highest BCUT2D eigenvalue weighted by atomic mass is 32.2. The zero-order chi connectivity index (χ0) is 24.2. The molecule has 3 rings (SSSR count). The van der Waals surface area contributed by atoms with Gasteiger partial charge in [0.05, 0.1) is 22.7 Å². The lowest BCUT2D eigenvalue weighted by Crippen LogP contribution is -2.48. The molecular weight excluding hydrogens is 448 g/mol. The highest BCUT2D eigenvalue weighted by Crippen LogP contribution is 2.22. The molecule has 9 nitrogen and oxygen atoms in total. The Balaban J connectivity index is 1.66. The van der Waals surface area contributed by atoms with Crippen LogP contribution < -0.4 is 5.32 Å². The molecule has 1 fully saturated rings. The number of ketones is 1. The number of benzene rings is 2. The van der Waals surface area contributed by atoms with E-state index in [2.05, 4.69) is 5.32 Å². The van der Waals surface area contributed by atoms with Crippen molar-refractivity contribution in [2.24, 2.45) is 0 Å². The molecule has 2 aromatic carbocycles. The lowest BCUT2D eigenvalue weighted by atomic mass is 10.1. The van der Waals surface area contributed by atoms with Crippen LogP contribution in [0.5, 0.6) is 0 Å². The second-order valence-corrected chi connectivity index (χ2v) is 9.80. The van der Waals surface area contributed by atoms with Crippen molar-refractivity contribution in [2.75, 3.05) is 25.0 Å². The molecule has 2 unspecified atom stereocenters. The summed E-state index contributed by atoms with van der Waals surface area (Å²) < 4.78 is 38.1. The summed E-state index contributed by atoms with van der Waals surface area (Å²) in [6, 6.07) is 11.7. The molecule has 1 heterocycles. The number of anilines is 1. The average molecular weight is 475 g/mol. The number of rotatable bonds is 7. The first-order chi connectivity index (χ1) is 15.6. The topological polar surface area (TPSA) is 119 Å². The third-order valence-electron chi connectivity index (χ3n) is 4.96. The molecule has 2 aromatic rings. The minimum absolute atomic E-state index is 0.0271. The van der Waals surface area contributed by atoms with Crippen molar-refractivity contribution in [1.29, 1.82) is 0 Å². The van der Waals surface area contributed by atoms with Crippen LogP contribution in [0.3, 0.4) is 0 Å². The molecule has 0 radical (unpaired) electrons. The van der Waals surface area contributed by atoms with Crippen molar-refractivity contribution >= 4 is 33.4 Å². The highest BCUT2D eigenvalue weighted by molar-refractivity contribution is 7.89. The molecule has 0 aliphatic carbocycles. The van der Waals surface area contributed by atoms with Crippen LogP contribution in [0.4, 0.5) is 5.69 Å². The normalized spacial score (nSPS) is 19.0. The number of amides is 1. The number of sulfonamides is 1. The van der Waals surface area contributed by atoms with Crippen molar-refractivity contribution in [2.45, 2.75) is 37.9 Å². The van der Waals surface area contributed by atoms with E-state index in [-0.39, 0.29) is 41.7 Å². The number of hydrogen-bond acceptors (Lipinski definition) is 7. The minimum atomic E-state index is -3.82. The van der Waals surface area contributed by atoms with Gasteiger partial charge in [0.15, 0.2) is 12.4 Å². The van der Waals surface area contributed by atoms with Crippen molar-refractivity contribution < 1.29 is 32.3 Å². The van der Waals surface area contributed by atoms with Crippen LogP contribution in [-0.2, 0) is 24.3 Å². The summed E-state index contributed by atoms with van der Waals surface area (Å²) in [5, 5.41) is 2.59. The van der Waals surface area contributed by atoms with Gasteiger partial charge in [-0.1, -0.05) is 6.07 Å². The number of nitrogens with one attached hydrogen (secondary N) is 1. The predicted molar refractivity (Wildman–Crippen MR) is 121 cm³/mol. The minimum Gasteiger partial charge on any atom is -0.454 e. The standard InChI is InChI=1S/C23H26N2O7S/c1-15-12-25(13-16(2)32-15)33(29,30)21-6-4-5-19(11-21)23(28)31-14-22(27)18-7-9-20(10-8-18)24-17(3)26/h4-11,15-16H,12-14H2,1-3H3,(H,24,26). The van der Waals surface area contributed by atoms with E-state index in [1.807, 2.05) is 0 Å². The molecule has 1 N–H and O–H groups in total. The van der Waals surface area contributed by atoms with E-state index in [9.17, 15) is 22.8 Å². The fourth-order valence-electron chi connectivity index (χ4n) is 3.50. The second-order valence-electron chi connectivity index (χ2n) is 7.87. The number of morpholine rings is 1. The van der Waals surface area contributed by atoms with E-state index in [1.54, 1.807) is 26.0 Å². The molecular formula is C23H26N2O7S. The van der Waals surface area contributed by atoms with Crippen molar-refractivity contribution in [1.82, 2.24) is 4.31 Å². The first-order valence-corrected chi connectivity index (χ1v) is 11.8. The van der Waals surface area contributed by atoms with E-state index in [0.717, 1.165) is 0 Å². The summed E-state index contributed by atoms with van der Waals surface area (Å²) in [5.74, 6) is -1.47. The average Bonchev–Trinajstić information content (AvgIpc) is 2.76. The third-order valence-corrected chi connectivity index (χ3v) is 6.78. The first kappa shape index (κ1) is 24.6. The number of hydrogen-bond donors (Lipinski definition) is 1. The van der Waals surface area contributed by atoms with E-state index in [0.29, 0.717) is 11.3 Å². The Labute approximate surface area is 192 Å². The van der Waals surface area contributed by atoms with Gasteiger partial charge in [-0.15, -0.1) is 0 Å². The fourth-order valence-corrected chi connectivity index (χ4v) is 5.14. The highest BCUT2D eigenvalue weighted by Gasteiger charge is 2.32. The summed E-state index contributed by atoms with van der Waals surface area (Å²) in [6.45, 7) is 4.91. The van der Waals surface area contributed by atoms with Crippen LogP contribution in [0.15, 0.2) is 53.4 Å². The van der Waals surface area contributed by atoms with Crippen molar-refractivity contribution in [3.05, 3.63) is 59.7 Å². The second kappa shape index (κ2) is 10.2. The van der Waals surface area contributed by atoms with E-state index in [4.69, 9.17) is 9.47 Å². The van der Waals surface area contributed by atoms with Gasteiger partial charge in [0.25, 0.3) is 0 Å².